The second-order valence-corrected chi connectivity index (χ2v) is 9.54. The molecule has 0 aliphatic carbocycles. The zero-order chi connectivity index (χ0) is 25.3. The van der Waals surface area contributed by atoms with E-state index in [1.807, 2.05) is 0 Å². The Bertz CT molecular complexity index is 1510. The molecule has 0 amide bonds. The molecule has 1 aliphatic rings. The number of rotatable bonds is 4. The van der Waals surface area contributed by atoms with Gasteiger partial charge in [-0.2, -0.15) is 0 Å². The van der Waals surface area contributed by atoms with Crippen molar-refractivity contribution in [2.75, 3.05) is 11.3 Å². The summed E-state index contributed by atoms with van der Waals surface area (Å²) in [6.45, 7) is 1.07. The molecule has 1 atom stereocenters. The molecule has 4 rings (SSSR count). The topological polar surface area (TPSA) is 107 Å². The Hall–Kier alpha value is -3.46. The molecule has 2 aromatic carbocycles. The van der Waals surface area contributed by atoms with Crippen LogP contribution in [-0.4, -0.2) is 31.0 Å². The fourth-order valence-corrected chi connectivity index (χ4v) is 4.83. The van der Waals surface area contributed by atoms with Crippen LogP contribution in [0.5, 0.6) is 5.75 Å². The lowest BCUT2D eigenvalue weighted by Crippen LogP contribution is -2.15. The maximum absolute atomic E-state index is 15.1. The van der Waals surface area contributed by atoms with E-state index in [1.54, 1.807) is 0 Å². The molecule has 0 bridgehead atoms. The highest BCUT2D eigenvalue weighted by molar-refractivity contribution is 7.92. The summed E-state index contributed by atoms with van der Waals surface area (Å²) in [6, 6.07) is 4.27. The summed E-state index contributed by atoms with van der Waals surface area (Å²) in [5.41, 5.74) is -0.772. The van der Waals surface area contributed by atoms with E-state index in [1.165, 1.54) is 25.4 Å². The molecular weight excluding hydrogens is 527 g/mol. The Kier molecular flexibility index (Phi) is 6.80. The zero-order valence-electron chi connectivity index (χ0n) is 17.6. The largest absolute Gasteiger partial charge is 0.487 e. The van der Waals surface area contributed by atoms with E-state index < -0.39 is 49.9 Å². The molecule has 1 N–H and O–H groups in total. The van der Waals surface area contributed by atoms with Crippen LogP contribution >= 0.6 is 23.2 Å². The Morgan fingerprint density at radius 3 is 2.60 bits per heavy atom. The predicted octanol–water partition coefficient (Wildman–Crippen LogP) is 4.26. The molecule has 1 aromatic heterocycles. The number of esters is 1. The number of sulfonamides is 1. The van der Waals surface area contributed by atoms with E-state index >= 15 is 4.39 Å². The molecule has 180 valence electrons. The molecule has 0 radical (unpaired) electrons. The normalized spacial score (nSPS) is 14.4. The highest BCUT2D eigenvalue weighted by atomic mass is 35.5. The van der Waals surface area contributed by atoms with Crippen LogP contribution in [0.25, 0.3) is 0 Å². The van der Waals surface area contributed by atoms with Crippen molar-refractivity contribution >= 4 is 44.9 Å². The quantitative estimate of drug-likeness (QED) is 0.300. The van der Waals surface area contributed by atoms with Crippen molar-refractivity contribution in [2.45, 2.75) is 17.9 Å². The van der Waals surface area contributed by atoms with E-state index in [0.29, 0.717) is 0 Å². The summed E-state index contributed by atoms with van der Waals surface area (Å²) in [5, 5.41) is -0.0110. The van der Waals surface area contributed by atoms with E-state index in [2.05, 4.69) is 26.5 Å². The number of hydrogen-bond acceptors (Lipinski definition) is 7. The van der Waals surface area contributed by atoms with Crippen LogP contribution < -0.4 is 9.46 Å². The van der Waals surface area contributed by atoms with Crippen LogP contribution in [0.1, 0.15) is 29.7 Å². The van der Waals surface area contributed by atoms with Gasteiger partial charge in [0.15, 0.2) is 11.9 Å². The SMILES string of the molecule is CC(=O)OC1COc2c1cc(Cl)cc2S(=O)(=O)Nc1ccc(F)c(C#Cc2cnc(Cl)nc2)c1F. The molecule has 2 heterocycles. The lowest BCUT2D eigenvalue weighted by atomic mass is 10.1. The molecule has 0 saturated heterocycles. The smallest absolute Gasteiger partial charge is 0.303 e. The van der Waals surface area contributed by atoms with Crippen LogP contribution in [0.2, 0.25) is 10.3 Å². The Morgan fingerprint density at radius 2 is 1.91 bits per heavy atom. The van der Waals surface area contributed by atoms with Crippen molar-refractivity contribution in [2.24, 2.45) is 0 Å². The summed E-state index contributed by atoms with van der Waals surface area (Å²) in [6.07, 6.45) is 1.65. The number of halogens is 4. The van der Waals surface area contributed by atoms with E-state index in [4.69, 9.17) is 32.7 Å². The number of fused-ring (bicyclic) bond motifs is 1. The molecule has 8 nitrogen and oxygen atoms in total. The number of nitrogens with zero attached hydrogens (tertiary/aromatic N) is 2. The second-order valence-electron chi connectivity index (χ2n) is 7.11. The first-order chi connectivity index (χ1) is 16.5. The third-order valence-corrected chi connectivity index (χ3v) is 6.44. The molecule has 1 unspecified atom stereocenters. The fourth-order valence-electron chi connectivity index (χ4n) is 3.19. The monoisotopic (exact) mass is 539 g/mol. The van der Waals surface area contributed by atoms with Gasteiger partial charge in [-0.3, -0.25) is 9.52 Å². The molecule has 0 saturated carbocycles. The second kappa shape index (κ2) is 9.65. The lowest BCUT2D eigenvalue weighted by molar-refractivity contribution is -0.147. The molecule has 1 aliphatic heterocycles. The van der Waals surface area contributed by atoms with Gasteiger partial charge >= 0.3 is 5.97 Å². The predicted molar refractivity (Wildman–Crippen MR) is 122 cm³/mol. The number of carbonyl (C=O) groups excluding carboxylic acids is 1. The molecular formula is C22H13Cl2F2N3O5S. The van der Waals surface area contributed by atoms with Crippen molar-refractivity contribution < 1.29 is 31.5 Å². The number of hydrogen-bond donors (Lipinski definition) is 1. The maximum Gasteiger partial charge on any atom is 0.303 e. The van der Waals surface area contributed by atoms with Gasteiger partial charge in [0.05, 0.1) is 16.8 Å². The first-order valence-corrected chi connectivity index (χ1v) is 11.9. The number of aromatic nitrogens is 2. The van der Waals surface area contributed by atoms with Crippen LogP contribution in [-0.2, 0) is 19.6 Å². The van der Waals surface area contributed by atoms with Gasteiger partial charge in [-0.05, 0) is 35.9 Å². The summed E-state index contributed by atoms with van der Waals surface area (Å²) in [7, 11) is -4.48. The van der Waals surface area contributed by atoms with Gasteiger partial charge in [0, 0.05) is 29.9 Å². The standard InChI is InChI=1S/C22H13Cl2F2N3O5S/c1-11(30)34-18-10-33-21-15(18)6-13(23)7-19(21)35(31,32)29-17-5-4-16(25)14(20(17)26)3-2-12-8-27-22(24)28-9-12/h4-9,18,29H,10H2,1H3. The highest BCUT2D eigenvalue weighted by Gasteiger charge is 2.34. The third-order valence-electron chi connectivity index (χ3n) is 4.66. The molecule has 35 heavy (non-hydrogen) atoms. The number of carbonyl (C=O) groups is 1. The number of nitrogens with one attached hydrogen (secondary N) is 1. The average molecular weight is 540 g/mol. The summed E-state index contributed by atoms with van der Waals surface area (Å²) in [4.78, 5) is 18.4. The Balaban J connectivity index is 1.70. The minimum absolute atomic E-state index is 0.0168. The van der Waals surface area contributed by atoms with Crippen molar-refractivity contribution in [3.8, 4) is 17.6 Å². The van der Waals surface area contributed by atoms with Crippen molar-refractivity contribution in [3.05, 3.63) is 75.3 Å². The van der Waals surface area contributed by atoms with Crippen LogP contribution in [0.3, 0.4) is 0 Å². The first-order valence-electron chi connectivity index (χ1n) is 9.69. The highest BCUT2D eigenvalue weighted by Crippen LogP contribution is 2.42. The molecule has 3 aromatic rings. The van der Waals surface area contributed by atoms with E-state index in [9.17, 15) is 17.6 Å². The Labute approximate surface area is 208 Å². The van der Waals surface area contributed by atoms with Gasteiger partial charge < -0.3 is 9.47 Å². The minimum atomic E-state index is -4.48. The van der Waals surface area contributed by atoms with Gasteiger partial charge in [-0.25, -0.2) is 27.2 Å². The van der Waals surface area contributed by atoms with Crippen molar-refractivity contribution in [3.63, 3.8) is 0 Å². The summed E-state index contributed by atoms with van der Waals surface area (Å²) < 4.78 is 68.2. The maximum atomic E-state index is 15.1. The zero-order valence-corrected chi connectivity index (χ0v) is 19.9. The number of anilines is 1. The van der Waals surface area contributed by atoms with Crippen LogP contribution in [0.4, 0.5) is 14.5 Å². The van der Waals surface area contributed by atoms with E-state index in [0.717, 1.165) is 18.2 Å². The average Bonchev–Trinajstić information content (AvgIpc) is 3.18. The van der Waals surface area contributed by atoms with E-state index in [-0.39, 0.29) is 33.8 Å². The van der Waals surface area contributed by atoms with Crippen molar-refractivity contribution in [1.29, 1.82) is 0 Å². The van der Waals surface area contributed by atoms with Crippen molar-refractivity contribution in [1.82, 2.24) is 9.97 Å². The minimum Gasteiger partial charge on any atom is -0.487 e. The molecule has 13 heteroatoms. The van der Waals surface area contributed by atoms with Gasteiger partial charge in [0.2, 0.25) is 5.28 Å². The third kappa shape index (κ3) is 5.30. The fraction of sp³-hybridized carbons (Fsp3) is 0.136. The molecule has 0 spiro atoms. The Morgan fingerprint density at radius 1 is 1.20 bits per heavy atom. The van der Waals surface area contributed by atoms with Crippen LogP contribution in [0, 0.1) is 23.5 Å². The first kappa shape index (κ1) is 24.7. The van der Waals surface area contributed by atoms with Crippen LogP contribution in [0.15, 0.2) is 41.6 Å². The lowest BCUT2D eigenvalue weighted by Gasteiger charge is -2.14. The number of benzene rings is 2. The van der Waals surface area contributed by atoms with Gasteiger partial charge in [-0.15, -0.1) is 0 Å². The number of ether oxygens (including phenoxy) is 2. The van der Waals surface area contributed by atoms with Gasteiger partial charge in [0.25, 0.3) is 10.0 Å². The van der Waals surface area contributed by atoms with Gasteiger partial charge in [-0.1, -0.05) is 23.4 Å². The van der Waals surface area contributed by atoms with Gasteiger partial charge in [0.1, 0.15) is 23.1 Å². The molecule has 0 fully saturated rings. The summed E-state index contributed by atoms with van der Waals surface area (Å²) in [5.74, 6) is 1.84. The summed E-state index contributed by atoms with van der Waals surface area (Å²) >= 11 is 11.7.